The number of amides is 2. The predicted octanol–water partition coefficient (Wildman–Crippen LogP) is 2.62. The molecule has 0 aliphatic heterocycles. The minimum Gasteiger partial charge on any atom is -0.480 e. The first kappa shape index (κ1) is 22.0. The van der Waals surface area contributed by atoms with Crippen molar-refractivity contribution in [2.45, 2.75) is 12.0 Å². The van der Waals surface area contributed by atoms with Crippen LogP contribution < -0.4 is 10.6 Å². The number of ether oxygens (including phenoxy) is 1. The Morgan fingerprint density at radius 2 is 1.61 bits per heavy atom. The van der Waals surface area contributed by atoms with Gasteiger partial charge in [0.2, 0.25) is 0 Å². The molecule has 9 heteroatoms. The first-order valence-corrected chi connectivity index (χ1v) is 10.2. The molecule has 1 aliphatic carbocycles. The molecule has 9 nitrogen and oxygen atoms in total. The zero-order chi connectivity index (χ0) is 23.4. The number of aliphatic hydroxyl groups is 1. The van der Waals surface area contributed by atoms with E-state index in [0.29, 0.717) is 5.69 Å². The summed E-state index contributed by atoms with van der Waals surface area (Å²) in [6.07, 6.45) is 0.590. The van der Waals surface area contributed by atoms with Crippen LogP contribution in [-0.4, -0.2) is 52.4 Å². The third kappa shape index (κ3) is 4.68. The summed E-state index contributed by atoms with van der Waals surface area (Å²) in [6, 6.07) is 17.4. The number of anilines is 1. The number of carboxylic acid groups (broad SMARTS) is 1. The molecule has 1 heterocycles. The first-order chi connectivity index (χ1) is 16.0. The summed E-state index contributed by atoms with van der Waals surface area (Å²) < 4.78 is 5.46. The number of carbonyl (C=O) groups is 3. The molecule has 1 atom stereocenters. The van der Waals surface area contributed by atoms with Crippen molar-refractivity contribution in [2.24, 2.45) is 0 Å². The van der Waals surface area contributed by atoms with Gasteiger partial charge >= 0.3 is 12.1 Å². The smallest absolute Gasteiger partial charge is 0.411 e. The van der Waals surface area contributed by atoms with Gasteiger partial charge in [-0.3, -0.25) is 10.1 Å². The predicted molar refractivity (Wildman–Crippen MR) is 119 cm³/mol. The Kier molecular flexibility index (Phi) is 6.32. The lowest BCUT2D eigenvalue weighted by molar-refractivity contribution is -0.140. The van der Waals surface area contributed by atoms with Gasteiger partial charge in [-0.05, 0) is 34.4 Å². The Bertz CT molecular complexity index is 1150. The van der Waals surface area contributed by atoms with E-state index in [-0.39, 0.29) is 18.2 Å². The molecule has 0 saturated carbocycles. The van der Waals surface area contributed by atoms with Crippen molar-refractivity contribution in [1.29, 1.82) is 0 Å². The van der Waals surface area contributed by atoms with Crippen LogP contribution in [0.1, 0.15) is 27.5 Å². The number of pyridine rings is 1. The highest BCUT2D eigenvalue weighted by Crippen LogP contribution is 2.44. The van der Waals surface area contributed by atoms with Crippen LogP contribution in [0.3, 0.4) is 0 Å². The average molecular weight is 447 g/mol. The molecule has 0 spiro atoms. The van der Waals surface area contributed by atoms with Crippen LogP contribution in [0.4, 0.5) is 10.5 Å². The van der Waals surface area contributed by atoms with Crippen molar-refractivity contribution >= 4 is 23.7 Å². The molecule has 4 rings (SSSR count). The van der Waals surface area contributed by atoms with Gasteiger partial charge < -0.3 is 20.3 Å². The summed E-state index contributed by atoms with van der Waals surface area (Å²) in [5, 5.41) is 22.6. The van der Waals surface area contributed by atoms with Gasteiger partial charge in [0, 0.05) is 5.92 Å². The zero-order valence-corrected chi connectivity index (χ0v) is 17.4. The second-order valence-corrected chi connectivity index (χ2v) is 7.43. The molecule has 1 unspecified atom stereocenters. The zero-order valence-electron chi connectivity index (χ0n) is 17.4. The molecule has 4 N–H and O–H groups in total. The van der Waals surface area contributed by atoms with Gasteiger partial charge in [-0.2, -0.15) is 0 Å². The molecule has 0 saturated heterocycles. The van der Waals surface area contributed by atoms with Crippen molar-refractivity contribution < 1.29 is 29.3 Å². The maximum absolute atomic E-state index is 12.3. The van der Waals surface area contributed by atoms with E-state index in [1.54, 1.807) is 0 Å². The van der Waals surface area contributed by atoms with Crippen LogP contribution in [0.5, 0.6) is 0 Å². The number of hydrogen-bond acceptors (Lipinski definition) is 6. The summed E-state index contributed by atoms with van der Waals surface area (Å²) in [5.41, 5.74) is 4.71. The summed E-state index contributed by atoms with van der Waals surface area (Å²) in [7, 11) is 0. The Balaban J connectivity index is 1.36. The maximum Gasteiger partial charge on any atom is 0.411 e. The molecule has 1 aliphatic rings. The number of carbonyl (C=O) groups excluding carboxylic acids is 2. The third-order valence-corrected chi connectivity index (χ3v) is 5.37. The van der Waals surface area contributed by atoms with E-state index in [9.17, 15) is 14.4 Å². The molecule has 2 aromatic carbocycles. The highest BCUT2D eigenvalue weighted by atomic mass is 16.5. The van der Waals surface area contributed by atoms with Gasteiger partial charge in [-0.25, -0.2) is 14.6 Å². The number of aliphatic carboxylic acids is 1. The molecular weight excluding hydrogens is 426 g/mol. The van der Waals surface area contributed by atoms with Crippen LogP contribution in [0.15, 0.2) is 66.9 Å². The number of carboxylic acids is 1. The molecule has 168 valence electrons. The van der Waals surface area contributed by atoms with Crippen LogP contribution in [-0.2, 0) is 9.53 Å². The molecule has 33 heavy (non-hydrogen) atoms. The van der Waals surface area contributed by atoms with Gasteiger partial charge in [0.1, 0.15) is 12.3 Å². The average Bonchev–Trinajstić information content (AvgIpc) is 3.15. The number of aromatic nitrogens is 1. The van der Waals surface area contributed by atoms with Crippen molar-refractivity contribution in [3.8, 4) is 11.1 Å². The highest BCUT2D eigenvalue weighted by Gasteiger charge is 2.29. The van der Waals surface area contributed by atoms with Gasteiger partial charge in [-0.15, -0.1) is 0 Å². The van der Waals surface area contributed by atoms with E-state index < -0.39 is 30.6 Å². The minimum atomic E-state index is -1.43. The lowest BCUT2D eigenvalue weighted by atomic mass is 9.98. The van der Waals surface area contributed by atoms with E-state index in [4.69, 9.17) is 14.9 Å². The standard InChI is InChI=1S/C24H21N3O6/c28-12-21(23(30)31)27-22(29)20-10-9-14(11-25-20)26-24(32)33-13-19-17-7-3-1-5-15(17)16-6-2-4-8-18(16)19/h1-11,19,21,28H,12-13H2,(H,26,32)(H,27,29)(H,30,31). The normalized spacial score (nSPS) is 12.9. The number of aliphatic hydroxyl groups excluding tert-OH is 1. The molecular formula is C24H21N3O6. The Hall–Kier alpha value is -4.24. The molecule has 3 aromatic rings. The summed E-state index contributed by atoms with van der Waals surface area (Å²) >= 11 is 0. The number of hydrogen-bond donors (Lipinski definition) is 4. The fourth-order valence-corrected chi connectivity index (χ4v) is 3.77. The van der Waals surface area contributed by atoms with Crippen molar-refractivity contribution in [3.63, 3.8) is 0 Å². The van der Waals surface area contributed by atoms with Gasteiger partial charge in [0.25, 0.3) is 5.91 Å². The molecule has 0 radical (unpaired) electrons. The van der Waals surface area contributed by atoms with Crippen LogP contribution >= 0.6 is 0 Å². The Labute approximate surface area is 189 Å². The third-order valence-electron chi connectivity index (χ3n) is 5.37. The number of rotatable bonds is 7. The van der Waals surface area contributed by atoms with E-state index in [2.05, 4.69) is 27.8 Å². The fraction of sp³-hybridized carbons (Fsp3) is 0.167. The second kappa shape index (κ2) is 9.49. The minimum absolute atomic E-state index is 0.0622. The molecule has 0 fully saturated rings. The van der Waals surface area contributed by atoms with Gasteiger partial charge in [-0.1, -0.05) is 48.5 Å². The molecule has 1 aromatic heterocycles. The Morgan fingerprint density at radius 1 is 0.970 bits per heavy atom. The maximum atomic E-state index is 12.3. The highest BCUT2D eigenvalue weighted by molar-refractivity contribution is 5.95. The SMILES string of the molecule is O=C(Nc1ccc(C(=O)NC(CO)C(=O)O)nc1)OCC1c2ccccc2-c2ccccc21. The van der Waals surface area contributed by atoms with E-state index in [1.165, 1.54) is 18.3 Å². The summed E-state index contributed by atoms with van der Waals surface area (Å²) in [5.74, 6) is -2.19. The number of nitrogens with one attached hydrogen (secondary N) is 2. The Morgan fingerprint density at radius 3 is 2.15 bits per heavy atom. The van der Waals surface area contributed by atoms with Crippen LogP contribution in [0.2, 0.25) is 0 Å². The summed E-state index contributed by atoms with van der Waals surface area (Å²) in [6.45, 7) is -0.589. The van der Waals surface area contributed by atoms with Crippen molar-refractivity contribution in [1.82, 2.24) is 10.3 Å². The van der Waals surface area contributed by atoms with Crippen molar-refractivity contribution in [3.05, 3.63) is 83.7 Å². The lowest BCUT2D eigenvalue weighted by Gasteiger charge is -2.14. The monoisotopic (exact) mass is 447 g/mol. The second-order valence-electron chi connectivity index (χ2n) is 7.43. The summed E-state index contributed by atoms with van der Waals surface area (Å²) in [4.78, 5) is 39.2. The first-order valence-electron chi connectivity index (χ1n) is 10.2. The topological polar surface area (TPSA) is 138 Å². The quantitative estimate of drug-likeness (QED) is 0.437. The van der Waals surface area contributed by atoms with Gasteiger partial charge in [0.05, 0.1) is 18.5 Å². The number of fused-ring (bicyclic) bond motifs is 3. The lowest BCUT2D eigenvalue weighted by Crippen LogP contribution is -2.43. The van der Waals surface area contributed by atoms with Crippen LogP contribution in [0.25, 0.3) is 11.1 Å². The number of benzene rings is 2. The fourth-order valence-electron chi connectivity index (χ4n) is 3.77. The number of nitrogens with zero attached hydrogens (tertiary/aromatic N) is 1. The van der Waals surface area contributed by atoms with E-state index >= 15 is 0 Å². The van der Waals surface area contributed by atoms with Gasteiger partial charge in [0.15, 0.2) is 6.04 Å². The van der Waals surface area contributed by atoms with Crippen molar-refractivity contribution in [2.75, 3.05) is 18.5 Å². The molecule has 2 amide bonds. The van der Waals surface area contributed by atoms with E-state index in [0.717, 1.165) is 22.3 Å². The largest absolute Gasteiger partial charge is 0.480 e. The molecule has 0 bridgehead atoms. The van der Waals surface area contributed by atoms with E-state index in [1.807, 2.05) is 36.4 Å². The van der Waals surface area contributed by atoms with Crippen LogP contribution in [0, 0.1) is 0 Å².